The van der Waals surface area contributed by atoms with Crippen molar-refractivity contribution >= 4 is 11.9 Å². The van der Waals surface area contributed by atoms with Crippen LogP contribution >= 0.6 is 0 Å². The molecule has 0 aliphatic heterocycles. The highest BCUT2D eigenvalue weighted by Gasteiger charge is 2.19. The zero-order valence-electron chi connectivity index (χ0n) is 10.5. The molecular formula is C11H21NO4. The molecule has 0 saturated heterocycles. The van der Waals surface area contributed by atoms with E-state index in [-0.39, 0.29) is 18.5 Å². The molecule has 0 aliphatic carbocycles. The lowest BCUT2D eigenvalue weighted by atomic mass is 10.2. The summed E-state index contributed by atoms with van der Waals surface area (Å²) in [5.41, 5.74) is 0. The van der Waals surface area contributed by atoms with E-state index in [9.17, 15) is 9.59 Å². The van der Waals surface area contributed by atoms with Crippen LogP contribution in [0.3, 0.4) is 0 Å². The van der Waals surface area contributed by atoms with Crippen LogP contribution in [0, 0.1) is 0 Å². The SMILES string of the molecule is CCOCCC(=O)N(CC(=O)OC)C(C)C. The first-order valence-electron chi connectivity index (χ1n) is 5.46. The largest absolute Gasteiger partial charge is 0.468 e. The topological polar surface area (TPSA) is 55.8 Å². The van der Waals surface area contributed by atoms with Crippen molar-refractivity contribution in [3.05, 3.63) is 0 Å². The van der Waals surface area contributed by atoms with Gasteiger partial charge in [-0.1, -0.05) is 0 Å². The molecule has 0 rings (SSSR count). The Morgan fingerprint density at radius 3 is 2.38 bits per heavy atom. The van der Waals surface area contributed by atoms with Crippen molar-refractivity contribution in [1.29, 1.82) is 0 Å². The summed E-state index contributed by atoms with van der Waals surface area (Å²) >= 11 is 0. The molecule has 0 bridgehead atoms. The Bertz CT molecular complexity index is 228. The summed E-state index contributed by atoms with van der Waals surface area (Å²) in [7, 11) is 1.31. The quantitative estimate of drug-likeness (QED) is 0.481. The molecule has 0 aromatic rings. The molecule has 5 heteroatoms. The standard InChI is InChI=1S/C11H21NO4/c1-5-16-7-6-10(13)12(9(2)3)8-11(14)15-4/h9H,5-8H2,1-4H3. The molecule has 0 heterocycles. The number of rotatable bonds is 7. The van der Waals surface area contributed by atoms with Gasteiger partial charge in [-0.25, -0.2) is 0 Å². The number of carbonyl (C=O) groups excluding carboxylic acids is 2. The second kappa shape index (κ2) is 8.10. The number of carbonyl (C=O) groups is 2. The summed E-state index contributed by atoms with van der Waals surface area (Å²) in [5.74, 6) is -0.493. The summed E-state index contributed by atoms with van der Waals surface area (Å²) in [6.07, 6.45) is 0.295. The molecule has 0 aromatic heterocycles. The highest BCUT2D eigenvalue weighted by molar-refractivity contribution is 5.82. The van der Waals surface area contributed by atoms with Crippen molar-refractivity contribution in [1.82, 2.24) is 4.90 Å². The van der Waals surface area contributed by atoms with Gasteiger partial charge in [-0.15, -0.1) is 0 Å². The average molecular weight is 231 g/mol. The van der Waals surface area contributed by atoms with Gasteiger partial charge in [0.05, 0.1) is 20.1 Å². The van der Waals surface area contributed by atoms with Crippen LogP contribution < -0.4 is 0 Å². The third-order valence-corrected chi connectivity index (χ3v) is 2.14. The van der Waals surface area contributed by atoms with Crippen molar-refractivity contribution in [3.8, 4) is 0 Å². The zero-order chi connectivity index (χ0) is 12.6. The van der Waals surface area contributed by atoms with Gasteiger partial charge in [0, 0.05) is 12.6 Å². The smallest absolute Gasteiger partial charge is 0.325 e. The summed E-state index contributed by atoms with van der Waals surface area (Å²) in [6, 6.07) is -0.0202. The van der Waals surface area contributed by atoms with Crippen LogP contribution in [0.1, 0.15) is 27.2 Å². The van der Waals surface area contributed by atoms with Gasteiger partial charge in [-0.05, 0) is 20.8 Å². The molecule has 0 N–H and O–H groups in total. The monoisotopic (exact) mass is 231 g/mol. The second-order valence-electron chi connectivity index (χ2n) is 3.64. The minimum atomic E-state index is -0.404. The third-order valence-electron chi connectivity index (χ3n) is 2.14. The minimum absolute atomic E-state index is 0.000868. The van der Waals surface area contributed by atoms with E-state index in [1.165, 1.54) is 12.0 Å². The number of hydrogen-bond acceptors (Lipinski definition) is 4. The summed E-state index contributed by atoms with van der Waals surface area (Å²) in [4.78, 5) is 24.4. The number of ether oxygens (including phenoxy) is 2. The van der Waals surface area contributed by atoms with E-state index >= 15 is 0 Å². The Labute approximate surface area is 96.7 Å². The Hall–Kier alpha value is -1.10. The average Bonchev–Trinajstić information content (AvgIpc) is 2.25. The summed E-state index contributed by atoms with van der Waals surface area (Å²) in [5, 5.41) is 0. The van der Waals surface area contributed by atoms with Crippen molar-refractivity contribution < 1.29 is 19.1 Å². The molecule has 0 aliphatic rings. The van der Waals surface area contributed by atoms with Gasteiger partial charge in [0.15, 0.2) is 0 Å². The fourth-order valence-corrected chi connectivity index (χ4v) is 1.21. The highest BCUT2D eigenvalue weighted by atomic mass is 16.5. The lowest BCUT2D eigenvalue weighted by Gasteiger charge is -2.25. The van der Waals surface area contributed by atoms with Crippen molar-refractivity contribution in [2.45, 2.75) is 33.2 Å². The van der Waals surface area contributed by atoms with E-state index in [0.29, 0.717) is 19.6 Å². The number of esters is 1. The number of nitrogens with zero attached hydrogens (tertiary/aromatic N) is 1. The van der Waals surface area contributed by atoms with E-state index in [1.807, 2.05) is 20.8 Å². The zero-order valence-corrected chi connectivity index (χ0v) is 10.5. The van der Waals surface area contributed by atoms with E-state index in [2.05, 4.69) is 4.74 Å². The maximum absolute atomic E-state index is 11.7. The molecule has 0 spiro atoms. The van der Waals surface area contributed by atoms with Crippen molar-refractivity contribution in [2.75, 3.05) is 26.9 Å². The molecule has 5 nitrogen and oxygen atoms in total. The molecule has 0 fully saturated rings. The van der Waals surface area contributed by atoms with Crippen LogP contribution in [0.15, 0.2) is 0 Å². The van der Waals surface area contributed by atoms with E-state index < -0.39 is 5.97 Å². The van der Waals surface area contributed by atoms with Crippen LogP contribution in [-0.2, 0) is 19.1 Å². The summed E-state index contributed by atoms with van der Waals surface area (Å²) in [6.45, 7) is 6.58. The first-order chi connectivity index (χ1) is 7.52. The number of hydrogen-bond donors (Lipinski definition) is 0. The van der Waals surface area contributed by atoms with Gasteiger partial charge in [0.1, 0.15) is 6.54 Å². The van der Waals surface area contributed by atoms with Gasteiger partial charge in [0.25, 0.3) is 0 Å². The first kappa shape index (κ1) is 14.9. The van der Waals surface area contributed by atoms with Crippen LogP contribution in [0.25, 0.3) is 0 Å². The predicted molar refractivity (Wildman–Crippen MR) is 60.0 cm³/mol. The fourth-order valence-electron chi connectivity index (χ4n) is 1.21. The molecule has 0 saturated carbocycles. The Morgan fingerprint density at radius 1 is 1.31 bits per heavy atom. The molecule has 0 radical (unpaired) electrons. The predicted octanol–water partition coefficient (Wildman–Crippen LogP) is 0.823. The van der Waals surface area contributed by atoms with Crippen LogP contribution in [0.4, 0.5) is 0 Å². The third kappa shape index (κ3) is 5.70. The van der Waals surface area contributed by atoms with Crippen LogP contribution in [-0.4, -0.2) is 49.7 Å². The van der Waals surface area contributed by atoms with Gasteiger partial charge in [-0.3, -0.25) is 9.59 Å². The van der Waals surface area contributed by atoms with E-state index in [4.69, 9.17) is 4.74 Å². The second-order valence-corrected chi connectivity index (χ2v) is 3.64. The lowest BCUT2D eigenvalue weighted by molar-refractivity contribution is -0.148. The first-order valence-corrected chi connectivity index (χ1v) is 5.46. The Morgan fingerprint density at radius 2 is 1.94 bits per heavy atom. The maximum Gasteiger partial charge on any atom is 0.325 e. The van der Waals surface area contributed by atoms with Crippen LogP contribution in [0.2, 0.25) is 0 Å². The summed E-state index contributed by atoms with van der Waals surface area (Å²) < 4.78 is 9.64. The molecule has 0 atom stereocenters. The molecule has 0 unspecified atom stereocenters. The molecule has 1 amide bonds. The Kier molecular flexibility index (Phi) is 7.54. The van der Waals surface area contributed by atoms with Crippen molar-refractivity contribution in [3.63, 3.8) is 0 Å². The normalized spacial score (nSPS) is 10.3. The molecule has 0 aromatic carbocycles. The van der Waals surface area contributed by atoms with Crippen LogP contribution in [0.5, 0.6) is 0 Å². The van der Waals surface area contributed by atoms with Gasteiger partial charge < -0.3 is 14.4 Å². The molecule has 94 valence electrons. The van der Waals surface area contributed by atoms with Gasteiger partial charge in [-0.2, -0.15) is 0 Å². The van der Waals surface area contributed by atoms with E-state index in [1.54, 1.807) is 0 Å². The van der Waals surface area contributed by atoms with E-state index in [0.717, 1.165) is 0 Å². The molecular weight excluding hydrogens is 210 g/mol. The lowest BCUT2D eigenvalue weighted by Crippen LogP contribution is -2.41. The van der Waals surface area contributed by atoms with Crippen molar-refractivity contribution in [2.24, 2.45) is 0 Å². The fraction of sp³-hybridized carbons (Fsp3) is 0.818. The maximum atomic E-state index is 11.7. The number of methoxy groups -OCH3 is 1. The van der Waals surface area contributed by atoms with Gasteiger partial charge in [0.2, 0.25) is 5.91 Å². The van der Waals surface area contributed by atoms with Gasteiger partial charge >= 0.3 is 5.97 Å². The highest BCUT2D eigenvalue weighted by Crippen LogP contribution is 2.02. The Balaban J connectivity index is 4.19. The molecule has 16 heavy (non-hydrogen) atoms. The number of amides is 1. The minimum Gasteiger partial charge on any atom is -0.468 e.